The van der Waals surface area contributed by atoms with Gasteiger partial charge < -0.3 is 10.2 Å². The Kier molecular flexibility index (Phi) is 4.37. The fourth-order valence-corrected chi connectivity index (χ4v) is 3.32. The summed E-state index contributed by atoms with van der Waals surface area (Å²) in [4.78, 5) is 31.4. The molecule has 2 amide bonds. The van der Waals surface area contributed by atoms with Gasteiger partial charge in [-0.15, -0.1) is 11.3 Å². The van der Waals surface area contributed by atoms with Crippen LogP contribution in [0.4, 0.5) is 0 Å². The third-order valence-electron chi connectivity index (χ3n) is 4.07. The number of thiazole rings is 1. The standard InChI is InChI=1S/C15H23N3O2S/c1-6-15(5)14(20)18(7-11-8-21-10(4)16-11)12(9(2)3)13(19)17-15/h8-9,12H,6-7H2,1-5H3,(H,17,19). The second kappa shape index (κ2) is 5.75. The Balaban J connectivity index is 2.34. The second-order valence-corrected chi connectivity index (χ2v) is 7.22. The molecule has 2 unspecified atom stereocenters. The highest BCUT2D eigenvalue weighted by Crippen LogP contribution is 2.27. The third-order valence-corrected chi connectivity index (χ3v) is 4.90. The zero-order valence-electron chi connectivity index (χ0n) is 13.3. The topological polar surface area (TPSA) is 62.3 Å². The first-order chi connectivity index (χ1) is 9.78. The Morgan fingerprint density at radius 3 is 2.62 bits per heavy atom. The minimum atomic E-state index is -0.812. The average molecular weight is 309 g/mol. The van der Waals surface area contributed by atoms with Crippen molar-refractivity contribution in [1.29, 1.82) is 0 Å². The molecule has 1 aliphatic rings. The van der Waals surface area contributed by atoms with Crippen molar-refractivity contribution < 1.29 is 9.59 Å². The van der Waals surface area contributed by atoms with Crippen LogP contribution in [-0.2, 0) is 16.1 Å². The van der Waals surface area contributed by atoms with Crippen molar-refractivity contribution in [2.45, 2.75) is 59.2 Å². The van der Waals surface area contributed by atoms with E-state index in [0.29, 0.717) is 13.0 Å². The van der Waals surface area contributed by atoms with E-state index >= 15 is 0 Å². The van der Waals surface area contributed by atoms with Gasteiger partial charge in [0.25, 0.3) is 0 Å². The van der Waals surface area contributed by atoms with Gasteiger partial charge in [0, 0.05) is 5.38 Å². The zero-order valence-corrected chi connectivity index (χ0v) is 14.1. The molecule has 21 heavy (non-hydrogen) atoms. The predicted molar refractivity (Wildman–Crippen MR) is 82.9 cm³/mol. The number of hydrogen-bond acceptors (Lipinski definition) is 4. The van der Waals surface area contributed by atoms with Crippen molar-refractivity contribution in [3.05, 3.63) is 16.1 Å². The molecular formula is C15H23N3O2S. The summed E-state index contributed by atoms with van der Waals surface area (Å²) in [6.07, 6.45) is 0.578. The van der Waals surface area contributed by atoms with E-state index in [9.17, 15) is 9.59 Å². The van der Waals surface area contributed by atoms with E-state index in [4.69, 9.17) is 0 Å². The maximum Gasteiger partial charge on any atom is 0.249 e. The number of rotatable bonds is 4. The summed E-state index contributed by atoms with van der Waals surface area (Å²) in [5, 5.41) is 5.82. The van der Waals surface area contributed by atoms with Gasteiger partial charge in [-0.25, -0.2) is 4.98 Å². The maximum atomic E-state index is 12.8. The van der Waals surface area contributed by atoms with Gasteiger partial charge in [0.15, 0.2) is 0 Å². The van der Waals surface area contributed by atoms with Crippen molar-refractivity contribution in [1.82, 2.24) is 15.2 Å². The lowest BCUT2D eigenvalue weighted by Gasteiger charge is -2.45. The molecule has 0 radical (unpaired) electrons. The molecular weight excluding hydrogens is 286 g/mol. The number of carbonyl (C=O) groups excluding carboxylic acids is 2. The summed E-state index contributed by atoms with van der Waals surface area (Å²) in [5.74, 6) is -0.0232. The Hall–Kier alpha value is -1.43. The summed E-state index contributed by atoms with van der Waals surface area (Å²) in [6, 6.07) is -0.431. The Morgan fingerprint density at radius 1 is 1.48 bits per heavy atom. The van der Waals surface area contributed by atoms with Crippen LogP contribution in [0.25, 0.3) is 0 Å². The van der Waals surface area contributed by atoms with Crippen molar-refractivity contribution in [2.24, 2.45) is 5.92 Å². The van der Waals surface area contributed by atoms with Crippen LogP contribution in [0.5, 0.6) is 0 Å². The first-order valence-corrected chi connectivity index (χ1v) is 8.20. The molecule has 6 heteroatoms. The van der Waals surface area contributed by atoms with Crippen LogP contribution in [0.3, 0.4) is 0 Å². The molecule has 0 spiro atoms. The highest BCUT2D eigenvalue weighted by Gasteiger charge is 2.47. The number of nitrogens with zero attached hydrogens (tertiary/aromatic N) is 2. The zero-order chi connectivity index (χ0) is 15.8. The predicted octanol–water partition coefficient (Wildman–Crippen LogP) is 2.10. The molecule has 1 aromatic rings. The van der Waals surface area contributed by atoms with E-state index in [1.54, 1.807) is 23.2 Å². The van der Waals surface area contributed by atoms with Gasteiger partial charge in [0.1, 0.15) is 11.6 Å². The fourth-order valence-electron chi connectivity index (χ4n) is 2.71. The minimum Gasteiger partial charge on any atom is -0.340 e. The largest absolute Gasteiger partial charge is 0.340 e. The molecule has 2 rings (SSSR count). The van der Waals surface area contributed by atoms with Gasteiger partial charge in [0.2, 0.25) is 11.8 Å². The molecule has 1 fully saturated rings. The summed E-state index contributed by atoms with van der Waals surface area (Å²) < 4.78 is 0. The Morgan fingerprint density at radius 2 is 2.14 bits per heavy atom. The summed E-state index contributed by atoms with van der Waals surface area (Å²) >= 11 is 1.56. The molecule has 0 aliphatic carbocycles. The average Bonchev–Trinajstić information content (AvgIpc) is 2.80. The minimum absolute atomic E-state index is 0.0195. The maximum absolute atomic E-state index is 12.8. The molecule has 2 heterocycles. The molecule has 116 valence electrons. The smallest absolute Gasteiger partial charge is 0.249 e. The van der Waals surface area contributed by atoms with Gasteiger partial charge in [0.05, 0.1) is 17.2 Å². The molecule has 1 N–H and O–H groups in total. The Bertz CT molecular complexity index is 555. The SMILES string of the molecule is CCC1(C)NC(=O)C(C(C)C)N(Cc2csc(C)n2)C1=O. The van der Waals surface area contributed by atoms with Crippen LogP contribution in [0.1, 0.15) is 44.8 Å². The van der Waals surface area contributed by atoms with Crippen LogP contribution in [0.2, 0.25) is 0 Å². The molecule has 0 saturated carbocycles. The lowest BCUT2D eigenvalue weighted by Crippen LogP contribution is -2.69. The summed E-state index contributed by atoms with van der Waals surface area (Å²) in [6.45, 7) is 9.98. The molecule has 1 aliphatic heterocycles. The van der Waals surface area contributed by atoms with Crippen molar-refractivity contribution in [3.8, 4) is 0 Å². The molecule has 0 aromatic carbocycles. The van der Waals surface area contributed by atoms with Gasteiger partial charge in [-0.05, 0) is 26.2 Å². The molecule has 1 saturated heterocycles. The second-order valence-electron chi connectivity index (χ2n) is 6.15. The quantitative estimate of drug-likeness (QED) is 0.926. The van der Waals surface area contributed by atoms with E-state index in [2.05, 4.69) is 10.3 Å². The van der Waals surface area contributed by atoms with Crippen LogP contribution in [-0.4, -0.2) is 33.3 Å². The lowest BCUT2D eigenvalue weighted by molar-refractivity contribution is -0.157. The van der Waals surface area contributed by atoms with Gasteiger partial charge in [-0.2, -0.15) is 0 Å². The number of amides is 2. The third kappa shape index (κ3) is 2.95. The first-order valence-electron chi connectivity index (χ1n) is 7.32. The van der Waals surface area contributed by atoms with Crippen molar-refractivity contribution in [3.63, 3.8) is 0 Å². The number of piperazine rings is 1. The van der Waals surface area contributed by atoms with E-state index in [1.165, 1.54) is 0 Å². The van der Waals surface area contributed by atoms with E-state index in [-0.39, 0.29) is 17.7 Å². The molecule has 5 nitrogen and oxygen atoms in total. The van der Waals surface area contributed by atoms with E-state index < -0.39 is 11.6 Å². The highest BCUT2D eigenvalue weighted by molar-refractivity contribution is 7.09. The fraction of sp³-hybridized carbons (Fsp3) is 0.667. The summed E-state index contributed by atoms with van der Waals surface area (Å²) in [7, 11) is 0. The van der Waals surface area contributed by atoms with Crippen LogP contribution in [0.15, 0.2) is 5.38 Å². The normalized spacial score (nSPS) is 26.4. The number of carbonyl (C=O) groups is 2. The van der Waals surface area contributed by atoms with Crippen LogP contribution >= 0.6 is 11.3 Å². The van der Waals surface area contributed by atoms with Crippen molar-refractivity contribution >= 4 is 23.2 Å². The lowest BCUT2D eigenvalue weighted by atomic mass is 9.88. The van der Waals surface area contributed by atoms with Crippen LogP contribution in [0, 0.1) is 12.8 Å². The van der Waals surface area contributed by atoms with Crippen LogP contribution < -0.4 is 5.32 Å². The molecule has 0 bridgehead atoms. The number of aryl methyl sites for hydroxylation is 1. The van der Waals surface area contributed by atoms with E-state index in [0.717, 1.165) is 10.7 Å². The number of nitrogens with one attached hydrogen (secondary N) is 1. The molecule has 1 aromatic heterocycles. The van der Waals surface area contributed by atoms with Crippen molar-refractivity contribution in [2.75, 3.05) is 0 Å². The summed E-state index contributed by atoms with van der Waals surface area (Å²) in [5.41, 5.74) is 0.0396. The Labute approximate surface area is 129 Å². The number of aromatic nitrogens is 1. The van der Waals surface area contributed by atoms with Gasteiger partial charge in [-0.1, -0.05) is 20.8 Å². The molecule has 2 atom stereocenters. The van der Waals surface area contributed by atoms with E-state index in [1.807, 2.05) is 33.1 Å². The highest BCUT2D eigenvalue weighted by atomic mass is 32.1. The van der Waals surface area contributed by atoms with Gasteiger partial charge in [-0.3, -0.25) is 9.59 Å². The first kappa shape index (κ1) is 15.9. The number of hydrogen-bond donors (Lipinski definition) is 1. The van der Waals surface area contributed by atoms with Gasteiger partial charge >= 0.3 is 0 Å². The monoisotopic (exact) mass is 309 g/mol.